The maximum Gasteiger partial charge on any atom is 0.326 e. The second kappa shape index (κ2) is 9.17. The van der Waals surface area contributed by atoms with E-state index in [1.165, 1.54) is 19.1 Å². The minimum atomic E-state index is -1.05. The molecule has 2 N–H and O–H groups in total. The highest BCUT2D eigenvalue weighted by atomic mass is 16.5. The number of amides is 2. The van der Waals surface area contributed by atoms with Crippen LogP contribution in [-0.2, 0) is 14.3 Å². The molecule has 0 heterocycles. The van der Waals surface area contributed by atoms with E-state index in [0.29, 0.717) is 6.42 Å². The molecule has 0 fully saturated rings. The molecule has 2 unspecified atom stereocenters. The van der Waals surface area contributed by atoms with E-state index >= 15 is 0 Å². The summed E-state index contributed by atoms with van der Waals surface area (Å²) in [6.07, 6.45) is 1.96. The summed E-state index contributed by atoms with van der Waals surface area (Å²) in [7, 11) is 2.79. The standard InChI is InChI=1S/C13H24N2O5/c1-5-6-7-10(11(16)17)14-13(19)15(3)8-9(2)12(18)20-4/h9-10H,5-8H2,1-4H3,(H,14,19)(H,16,17). The first kappa shape index (κ1) is 18.2. The quantitative estimate of drug-likeness (QED) is 0.652. The first-order valence-electron chi connectivity index (χ1n) is 6.65. The third-order valence-corrected chi connectivity index (χ3v) is 2.94. The van der Waals surface area contributed by atoms with Gasteiger partial charge >= 0.3 is 18.0 Å². The van der Waals surface area contributed by atoms with E-state index in [4.69, 9.17) is 5.11 Å². The van der Waals surface area contributed by atoms with E-state index in [1.807, 2.05) is 6.92 Å². The molecule has 116 valence electrons. The summed E-state index contributed by atoms with van der Waals surface area (Å²) in [5, 5.41) is 11.5. The van der Waals surface area contributed by atoms with E-state index in [-0.39, 0.29) is 6.54 Å². The first-order valence-corrected chi connectivity index (χ1v) is 6.65. The van der Waals surface area contributed by atoms with Crippen LogP contribution in [0.15, 0.2) is 0 Å². The molecule has 0 bridgehead atoms. The monoisotopic (exact) mass is 288 g/mol. The number of esters is 1. The fourth-order valence-corrected chi connectivity index (χ4v) is 1.69. The molecule has 0 saturated carbocycles. The SMILES string of the molecule is CCCCC(NC(=O)N(C)CC(C)C(=O)OC)C(=O)O. The van der Waals surface area contributed by atoms with Crippen molar-refractivity contribution in [2.24, 2.45) is 5.92 Å². The predicted molar refractivity (Wildman–Crippen MR) is 73.3 cm³/mol. The minimum absolute atomic E-state index is 0.165. The molecule has 0 aliphatic carbocycles. The van der Waals surface area contributed by atoms with Crippen LogP contribution in [0.3, 0.4) is 0 Å². The highest BCUT2D eigenvalue weighted by molar-refractivity contribution is 5.82. The van der Waals surface area contributed by atoms with Crippen molar-refractivity contribution in [1.29, 1.82) is 0 Å². The van der Waals surface area contributed by atoms with Crippen LogP contribution >= 0.6 is 0 Å². The van der Waals surface area contributed by atoms with Crippen molar-refractivity contribution in [3.05, 3.63) is 0 Å². The number of urea groups is 1. The van der Waals surface area contributed by atoms with Crippen LogP contribution in [0.2, 0.25) is 0 Å². The number of carbonyl (C=O) groups is 3. The highest BCUT2D eigenvalue weighted by Gasteiger charge is 2.23. The van der Waals surface area contributed by atoms with E-state index in [2.05, 4.69) is 10.1 Å². The van der Waals surface area contributed by atoms with Crippen molar-refractivity contribution < 1.29 is 24.2 Å². The lowest BCUT2D eigenvalue weighted by Crippen LogP contribution is -2.48. The summed E-state index contributed by atoms with van der Waals surface area (Å²) >= 11 is 0. The van der Waals surface area contributed by atoms with Crippen molar-refractivity contribution >= 4 is 18.0 Å². The van der Waals surface area contributed by atoms with Gasteiger partial charge in [0.25, 0.3) is 0 Å². The molecule has 0 aromatic carbocycles. The lowest BCUT2D eigenvalue weighted by molar-refractivity contribution is -0.145. The Kier molecular flexibility index (Phi) is 8.35. The Morgan fingerprint density at radius 1 is 1.35 bits per heavy atom. The van der Waals surface area contributed by atoms with Gasteiger partial charge in [0, 0.05) is 13.6 Å². The van der Waals surface area contributed by atoms with E-state index in [1.54, 1.807) is 6.92 Å². The zero-order valence-corrected chi connectivity index (χ0v) is 12.5. The normalized spacial score (nSPS) is 13.2. The number of nitrogens with zero attached hydrogens (tertiary/aromatic N) is 1. The van der Waals surface area contributed by atoms with Crippen LogP contribution < -0.4 is 5.32 Å². The Balaban J connectivity index is 4.41. The third kappa shape index (κ3) is 6.40. The van der Waals surface area contributed by atoms with Gasteiger partial charge in [0.05, 0.1) is 13.0 Å². The first-order chi connectivity index (χ1) is 9.33. The van der Waals surface area contributed by atoms with Gasteiger partial charge in [-0.25, -0.2) is 9.59 Å². The van der Waals surface area contributed by atoms with Crippen LogP contribution in [-0.4, -0.2) is 54.7 Å². The van der Waals surface area contributed by atoms with Gasteiger partial charge in [-0.2, -0.15) is 0 Å². The Morgan fingerprint density at radius 2 is 1.95 bits per heavy atom. The number of carbonyl (C=O) groups excluding carboxylic acids is 2. The second-order valence-electron chi connectivity index (χ2n) is 4.79. The lowest BCUT2D eigenvalue weighted by Gasteiger charge is -2.23. The van der Waals surface area contributed by atoms with E-state index in [0.717, 1.165) is 12.8 Å². The van der Waals surface area contributed by atoms with Gasteiger partial charge in [0.15, 0.2) is 0 Å². The number of hydrogen-bond donors (Lipinski definition) is 2. The van der Waals surface area contributed by atoms with Crippen molar-refractivity contribution in [3.63, 3.8) is 0 Å². The third-order valence-electron chi connectivity index (χ3n) is 2.94. The van der Waals surface area contributed by atoms with Crippen LogP contribution in [0.4, 0.5) is 4.79 Å². The summed E-state index contributed by atoms with van der Waals surface area (Å²) in [4.78, 5) is 35.4. The van der Waals surface area contributed by atoms with Crippen LogP contribution in [0.5, 0.6) is 0 Å². The van der Waals surface area contributed by atoms with Crippen molar-refractivity contribution in [3.8, 4) is 0 Å². The predicted octanol–water partition coefficient (Wildman–Crippen LogP) is 1.08. The van der Waals surface area contributed by atoms with E-state index < -0.39 is 29.9 Å². The molecular weight excluding hydrogens is 264 g/mol. The molecule has 0 saturated heterocycles. The fourth-order valence-electron chi connectivity index (χ4n) is 1.69. The Morgan fingerprint density at radius 3 is 2.40 bits per heavy atom. The van der Waals surface area contributed by atoms with Crippen molar-refractivity contribution in [2.45, 2.75) is 39.2 Å². The van der Waals surface area contributed by atoms with Gasteiger partial charge in [-0.1, -0.05) is 26.7 Å². The summed E-state index contributed by atoms with van der Waals surface area (Å²) in [6.45, 7) is 3.75. The molecule has 0 aliphatic rings. The maximum absolute atomic E-state index is 11.9. The fraction of sp³-hybridized carbons (Fsp3) is 0.769. The molecule has 0 radical (unpaired) electrons. The zero-order valence-electron chi connectivity index (χ0n) is 12.5. The molecule has 2 atom stereocenters. The lowest BCUT2D eigenvalue weighted by atomic mass is 10.1. The number of ether oxygens (including phenoxy) is 1. The average molecular weight is 288 g/mol. The Bertz CT molecular complexity index is 346. The minimum Gasteiger partial charge on any atom is -0.480 e. The number of carboxylic acids is 1. The number of unbranched alkanes of at least 4 members (excludes halogenated alkanes) is 1. The van der Waals surface area contributed by atoms with Gasteiger partial charge in [-0.05, 0) is 6.42 Å². The molecule has 20 heavy (non-hydrogen) atoms. The number of hydrogen-bond acceptors (Lipinski definition) is 4. The van der Waals surface area contributed by atoms with Gasteiger partial charge in [0.2, 0.25) is 0 Å². The maximum atomic E-state index is 11.9. The Hall–Kier alpha value is -1.79. The molecular formula is C13H24N2O5. The van der Waals surface area contributed by atoms with Gasteiger partial charge in [0.1, 0.15) is 6.04 Å². The highest BCUT2D eigenvalue weighted by Crippen LogP contribution is 2.04. The summed E-state index contributed by atoms with van der Waals surface area (Å²) in [5.41, 5.74) is 0. The molecule has 0 aromatic heterocycles. The molecule has 7 heteroatoms. The van der Waals surface area contributed by atoms with Crippen LogP contribution in [0, 0.1) is 5.92 Å². The molecule has 0 rings (SSSR count). The zero-order chi connectivity index (χ0) is 15.7. The van der Waals surface area contributed by atoms with Crippen molar-refractivity contribution in [1.82, 2.24) is 10.2 Å². The molecule has 7 nitrogen and oxygen atoms in total. The van der Waals surface area contributed by atoms with Gasteiger partial charge in [-0.15, -0.1) is 0 Å². The smallest absolute Gasteiger partial charge is 0.326 e. The van der Waals surface area contributed by atoms with E-state index in [9.17, 15) is 14.4 Å². The van der Waals surface area contributed by atoms with Gasteiger partial charge < -0.3 is 20.1 Å². The Labute approximate surface area is 119 Å². The van der Waals surface area contributed by atoms with Gasteiger partial charge in [-0.3, -0.25) is 4.79 Å². The topological polar surface area (TPSA) is 95.9 Å². The largest absolute Gasteiger partial charge is 0.480 e. The molecule has 0 aromatic rings. The van der Waals surface area contributed by atoms with Crippen LogP contribution in [0.25, 0.3) is 0 Å². The second-order valence-corrected chi connectivity index (χ2v) is 4.79. The molecule has 0 aliphatic heterocycles. The number of methoxy groups -OCH3 is 1. The molecule has 2 amide bonds. The number of aliphatic carboxylic acids is 1. The number of carboxylic acid groups (broad SMARTS) is 1. The summed E-state index contributed by atoms with van der Waals surface area (Å²) < 4.78 is 4.57. The number of rotatable bonds is 8. The summed E-state index contributed by atoms with van der Waals surface area (Å²) in [6, 6.07) is -1.41. The van der Waals surface area contributed by atoms with Crippen LogP contribution in [0.1, 0.15) is 33.1 Å². The van der Waals surface area contributed by atoms with Crippen molar-refractivity contribution in [2.75, 3.05) is 20.7 Å². The molecule has 0 spiro atoms. The average Bonchev–Trinajstić information content (AvgIpc) is 2.41. The number of nitrogens with one attached hydrogen (secondary N) is 1. The summed E-state index contributed by atoms with van der Waals surface area (Å²) in [5.74, 6) is -1.93.